The number of esters is 1. The Bertz CT molecular complexity index is 533. The second-order valence-corrected chi connectivity index (χ2v) is 2.98. The van der Waals surface area contributed by atoms with Gasteiger partial charge in [-0.05, 0) is 12.1 Å². The molecule has 15 heavy (non-hydrogen) atoms. The SMILES string of the molecule is COC(=O)c1oc2cc(F)ccc2c1N. The molecule has 0 spiro atoms. The highest BCUT2D eigenvalue weighted by Crippen LogP contribution is 2.29. The predicted molar refractivity (Wildman–Crippen MR) is 51.9 cm³/mol. The molecule has 0 aliphatic carbocycles. The largest absolute Gasteiger partial charge is 0.463 e. The molecule has 1 heterocycles. The molecule has 0 amide bonds. The van der Waals surface area contributed by atoms with Crippen LogP contribution in [0.3, 0.4) is 0 Å². The van der Waals surface area contributed by atoms with E-state index in [0.717, 1.165) is 6.07 Å². The van der Waals surface area contributed by atoms with Gasteiger partial charge < -0.3 is 14.9 Å². The van der Waals surface area contributed by atoms with E-state index in [0.29, 0.717) is 5.39 Å². The maximum absolute atomic E-state index is 12.8. The average molecular weight is 209 g/mol. The number of carbonyl (C=O) groups is 1. The number of carbonyl (C=O) groups excluding carboxylic acids is 1. The number of anilines is 1. The lowest BCUT2D eigenvalue weighted by molar-refractivity contribution is 0.0569. The summed E-state index contributed by atoms with van der Waals surface area (Å²) in [5.41, 5.74) is 6.04. The first-order valence-corrected chi connectivity index (χ1v) is 4.19. The topological polar surface area (TPSA) is 65.5 Å². The number of rotatable bonds is 1. The Hall–Kier alpha value is -2.04. The summed E-state index contributed by atoms with van der Waals surface area (Å²) >= 11 is 0. The van der Waals surface area contributed by atoms with Crippen molar-refractivity contribution in [3.05, 3.63) is 29.8 Å². The van der Waals surface area contributed by atoms with Gasteiger partial charge in [0.25, 0.3) is 0 Å². The normalized spacial score (nSPS) is 10.5. The molecule has 0 aliphatic heterocycles. The monoisotopic (exact) mass is 209 g/mol. The maximum Gasteiger partial charge on any atom is 0.376 e. The Morgan fingerprint density at radius 1 is 1.53 bits per heavy atom. The van der Waals surface area contributed by atoms with E-state index in [2.05, 4.69) is 4.74 Å². The fraction of sp³-hybridized carbons (Fsp3) is 0.100. The van der Waals surface area contributed by atoms with Crippen molar-refractivity contribution in [3.8, 4) is 0 Å². The highest BCUT2D eigenvalue weighted by atomic mass is 19.1. The Labute approximate surface area is 84.4 Å². The fourth-order valence-corrected chi connectivity index (χ4v) is 1.33. The van der Waals surface area contributed by atoms with Crippen molar-refractivity contribution in [1.82, 2.24) is 0 Å². The summed E-state index contributed by atoms with van der Waals surface area (Å²) in [6.45, 7) is 0. The minimum absolute atomic E-state index is 0.0990. The molecule has 1 aromatic carbocycles. The van der Waals surface area contributed by atoms with Crippen molar-refractivity contribution in [2.24, 2.45) is 0 Å². The molecule has 0 radical (unpaired) electrons. The van der Waals surface area contributed by atoms with Gasteiger partial charge in [-0.15, -0.1) is 0 Å². The first-order chi connectivity index (χ1) is 7.13. The minimum Gasteiger partial charge on any atom is -0.463 e. The highest BCUT2D eigenvalue weighted by molar-refractivity contribution is 6.03. The number of ether oxygens (including phenoxy) is 1. The van der Waals surface area contributed by atoms with Crippen molar-refractivity contribution < 1.29 is 18.3 Å². The molecule has 0 bridgehead atoms. The number of nitrogens with two attached hydrogens (primary N) is 1. The van der Waals surface area contributed by atoms with Gasteiger partial charge in [-0.3, -0.25) is 0 Å². The van der Waals surface area contributed by atoms with Crippen molar-refractivity contribution in [2.75, 3.05) is 12.8 Å². The van der Waals surface area contributed by atoms with Crippen LogP contribution in [0.5, 0.6) is 0 Å². The molecular weight excluding hydrogens is 201 g/mol. The van der Waals surface area contributed by atoms with Crippen LogP contribution in [-0.2, 0) is 4.74 Å². The second-order valence-electron chi connectivity index (χ2n) is 2.98. The summed E-state index contributed by atoms with van der Waals surface area (Å²) in [5, 5.41) is 0.497. The summed E-state index contributed by atoms with van der Waals surface area (Å²) < 4.78 is 22.4. The van der Waals surface area contributed by atoms with Gasteiger partial charge in [0.2, 0.25) is 5.76 Å². The summed E-state index contributed by atoms with van der Waals surface area (Å²) in [5.74, 6) is -1.23. The van der Waals surface area contributed by atoms with E-state index in [1.807, 2.05) is 0 Å². The van der Waals surface area contributed by atoms with E-state index in [1.54, 1.807) is 0 Å². The smallest absolute Gasteiger partial charge is 0.376 e. The quantitative estimate of drug-likeness (QED) is 0.729. The zero-order valence-corrected chi connectivity index (χ0v) is 7.91. The third-order valence-corrected chi connectivity index (χ3v) is 2.06. The van der Waals surface area contributed by atoms with Gasteiger partial charge >= 0.3 is 5.97 Å². The predicted octanol–water partition coefficient (Wildman–Crippen LogP) is 1.94. The first-order valence-electron chi connectivity index (χ1n) is 4.19. The highest BCUT2D eigenvalue weighted by Gasteiger charge is 2.18. The Morgan fingerprint density at radius 3 is 2.93 bits per heavy atom. The molecule has 2 aromatic rings. The average Bonchev–Trinajstić information content (AvgIpc) is 2.54. The molecule has 0 aliphatic rings. The molecule has 2 rings (SSSR count). The number of hydrogen-bond acceptors (Lipinski definition) is 4. The van der Waals surface area contributed by atoms with Crippen LogP contribution < -0.4 is 5.73 Å². The summed E-state index contributed by atoms with van der Waals surface area (Å²) in [7, 11) is 1.22. The molecule has 0 saturated heterocycles. The van der Waals surface area contributed by atoms with Crippen LogP contribution in [-0.4, -0.2) is 13.1 Å². The van der Waals surface area contributed by atoms with E-state index in [4.69, 9.17) is 10.2 Å². The third kappa shape index (κ3) is 1.41. The van der Waals surface area contributed by atoms with Crippen LogP contribution in [0.15, 0.2) is 22.6 Å². The van der Waals surface area contributed by atoms with Crippen LogP contribution >= 0.6 is 0 Å². The van der Waals surface area contributed by atoms with Gasteiger partial charge in [-0.1, -0.05) is 0 Å². The third-order valence-electron chi connectivity index (χ3n) is 2.06. The molecule has 4 nitrogen and oxygen atoms in total. The number of methoxy groups -OCH3 is 1. The molecule has 0 fully saturated rings. The first kappa shape index (κ1) is 9.51. The zero-order valence-electron chi connectivity index (χ0n) is 7.91. The van der Waals surface area contributed by atoms with Gasteiger partial charge in [0.15, 0.2) is 0 Å². The molecule has 0 saturated carbocycles. The number of furan rings is 1. The maximum atomic E-state index is 12.8. The Morgan fingerprint density at radius 2 is 2.27 bits per heavy atom. The lowest BCUT2D eigenvalue weighted by atomic mass is 10.2. The lowest BCUT2D eigenvalue weighted by Crippen LogP contribution is -2.02. The Balaban J connectivity index is 2.69. The lowest BCUT2D eigenvalue weighted by Gasteiger charge is -1.93. The molecule has 1 aromatic heterocycles. The summed E-state index contributed by atoms with van der Waals surface area (Å²) in [6, 6.07) is 3.86. The van der Waals surface area contributed by atoms with Gasteiger partial charge in [0, 0.05) is 11.5 Å². The number of nitrogen functional groups attached to an aromatic ring is 1. The molecule has 0 unspecified atom stereocenters. The van der Waals surface area contributed by atoms with Gasteiger partial charge in [0.1, 0.15) is 11.4 Å². The number of fused-ring (bicyclic) bond motifs is 1. The molecule has 78 valence electrons. The van der Waals surface area contributed by atoms with E-state index in [-0.39, 0.29) is 17.0 Å². The van der Waals surface area contributed by atoms with Crippen LogP contribution in [0, 0.1) is 5.82 Å². The summed E-state index contributed by atoms with van der Waals surface area (Å²) in [4.78, 5) is 11.2. The zero-order chi connectivity index (χ0) is 11.0. The number of benzene rings is 1. The number of hydrogen-bond donors (Lipinski definition) is 1. The minimum atomic E-state index is -0.677. The van der Waals surface area contributed by atoms with Gasteiger partial charge in [0.05, 0.1) is 12.8 Å². The fourth-order valence-electron chi connectivity index (χ4n) is 1.33. The van der Waals surface area contributed by atoms with Gasteiger partial charge in [-0.2, -0.15) is 0 Å². The van der Waals surface area contributed by atoms with Crippen LogP contribution in [0.1, 0.15) is 10.6 Å². The van der Waals surface area contributed by atoms with Crippen LogP contribution in [0.25, 0.3) is 11.0 Å². The van der Waals surface area contributed by atoms with E-state index in [1.165, 1.54) is 19.2 Å². The Kier molecular flexibility index (Phi) is 2.07. The van der Waals surface area contributed by atoms with Crippen molar-refractivity contribution in [3.63, 3.8) is 0 Å². The van der Waals surface area contributed by atoms with Crippen LogP contribution in [0.4, 0.5) is 10.1 Å². The molecular formula is C10H8FNO3. The molecule has 2 N–H and O–H groups in total. The molecule has 0 atom stereocenters. The van der Waals surface area contributed by atoms with Crippen LogP contribution in [0.2, 0.25) is 0 Å². The van der Waals surface area contributed by atoms with E-state index < -0.39 is 11.8 Å². The van der Waals surface area contributed by atoms with Gasteiger partial charge in [-0.25, -0.2) is 9.18 Å². The van der Waals surface area contributed by atoms with Crippen molar-refractivity contribution in [1.29, 1.82) is 0 Å². The second kappa shape index (κ2) is 3.27. The molecule has 5 heteroatoms. The standard InChI is InChI=1S/C10H8FNO3/c1-14-10(13)9-8(12)6-3-2-5(11)4-7(6)15-9/h2-4H,12H2,1H3. The van der Waals surface area contributed by atoms with Crippen molar-refractivity contribution in [2.45, 2.75) is 0 Å². The van der Waals surface area contributed by atoms with E-state index >= 15 is 0 Å². The summed E-state index contributed by atoms with van der Waals surface area (Å²) in [6.07, 6.45) is 0. The number of halogens is 1. The van der Waals surface area contributed by atoms with Crippen molar-refractivity contribution >= 4 is 22.6 Å². The van der Waals surface area contributed by atoms with E-state index in [9.17, 15) is 9.18 Å².